The van der Waals surface area contributed by atoms with E-state index < -0.39 is 17.5 Å². The number of thiophene rings is 1. The molecule has 2 N–H and O–H groups in total. The summed E-state index contributed by atoms with van der Waals surface area (Å²) in [4.78, 5) is 18.7. The van der Waals surface area contributed by atoms with E-state index in [4.69, 9.17) is 7.85 Å². The van der Waals surface area contributed by atoms with Crippen molar-refractivity contribution in [1.29, 1.82) is 0 Å². The number of nitrogens with one attached hydrogen (secondary N) is 2. The minimum absolute atomic E-state index is 0. The number of hydrogen-bond donors (Lipinski definition) is 2. The molecule has 0 spiro atoms. The maximum absolute atomic E-state index is 14.5. The highest BCUT2D eigenvalue weighted by Crippen LogP contribution is 2.31. The zero-order valence-corrected chi connectivity index (χ0v) is 18.9. The van der Waals surface area contributed by atoms with E-state index >= 15 is 0 Å². The van der Waals surface area contributed by atoms with Crippen molar-refractivity contribution in [3.8, 4) is 0 Å². The third-order valence-electron chi connectivity index (χ3n) is 4.82. The molecule has 1 aliphatic rings. The summed E-state index contributed by atoms with van der Waals surface area (Å²) in [5.74, 6) is -1.78. The molecule has 0 aromatic carbocycles. The van der Waals surface area contributed by atoms with E-state index in [1.165, 1.54) is 16.5 Å². The van der Waals surface area contributed by atoms with Crippen LogP contribution in [0.5, 0.6) is 0 Å². The highest BCUT2D eigenvalue weighted by molar-refractivity contribution is 7.18. The van der Waals surface area contributed by atoms with Gasteiger partial charge in [0.25, 0.3) is 5.91 Å². The van der Waals surface area contributed by atoms with Crippen molar-refractivity contribution in [3.63, 3.8) is 0 Å². The first-order valence-electron chi connectivity index (χ1n) is 10.3. The summed E-state index contributed by atoms with van der Waals surface area (Å²) < 4.78 is 30.2. The number of nitrogens with zero attached hydrogens (tertiary/aromatic N) is 3. The maximum atomic E-state index is 14.5. The van der Waals surface area contributed by atoms with Crippen LogP contribution in [0.25, 0.3) is 5.65 Å². The molecule has 2 radical (unpaired) electrons. The van der Waals surface area contributed by atoms with Crippen LogP contribution in [0.1, 0.15) is 37.6 Å². The number of aryl methyl sites for hydroxylation is 1. The first-order valence-corrected chi connectivity index (χ1v) is 11.1. The van der Waals surface area contributed by atoms with Crippen LogP contribution < -0.4 is 15.5 Å². The van der Waals surface area contributed by atoms with Gasteiger partial charge in [0.1, 0.15) is 10.7 Å². The second-order valence-corrected chi connectivity index (χ2v) is 8.34. The van der Waals surface area contributed by atoms with Crippen LogP contribution in [0.4, 0.5) is 19.5 Å². The number of carbonyl (C=O) groups is 1. The fourth-order valence-electron chi connectivity index (χ4n) is 3.60. The van der Waals surface area contributed by atoms with Gasteiger partial charge in [-0.15, -0.1) is 11.3 Å². The molecule has 1 amide bonds. The SMILES string of the molecule is CC.[B]C[C@@H]1CN(c2cc(F)c(C(=O)Nc3cc(F)c4nc(C)cn4c3)s2)CC(C)N1.[HH]. The van der Waals surface area contributed by atoms with E-state index in [-0.39, 0.29) is 29.7 Å². The number of amides is 1. The highest BCUT2D eigenvalue weighted by atomic mass is 32.1. The van der Waals surface area contributed by atoms with Crippen LogP contribution in [0, 0.1) is 18.6 Å². The Hall–Kier alpha value is -2.46. The third-order valence-corrected chi connectivity index (χ3v) is 5.99. The molecule has 1 saturated heterocycles. The average molecular weight is 447 g/mol. The Morgan fingerprint density at radius 3 is 2.77 bits per heavy atom. The van der Waals surface area contributed by atoms with Crippen molar-refractivity contribution in [1.82, 2.24) is 14.7 Å². The lowest BCUT2D eigenvalue weighted by Gasteiger charge is -2.38. The first kappa shape index (κ1) is 23.2. The number of anilines is 2. The molecule has 4 heterocycles. The molecule has 31 heavy (non-hydrogen) atoms. The quantitative estimate of drug-likeness (QED) is 0.587. The van der Waals surface area contributed by atoms with Gasteiger partial charge in [-0.05, 0) is 13.8 Å². The van der Waals surface area contributed by atoms with E-state index in [9.17, 15) is 13.6 Å². The number of halogens is 2. The van der Waals surface area contributed by atoms with Crippen molar-refractivity contribution < 1.29 is 15.0 Å². The van der Waals surface area contributed by atoms with Gasteiger partial charge in [0.05, 0.1) is 24.2 Å². The summed E-state index contributed by atoms with van der Waals surface area (Å²) in [6.07, 6.45) is 3.67. The summed E-state index contributed by atoms with van der Waals surface area (Å²) in [7, 11) is 5.77. The second kappa shape index (κ2) is 9.78. The van der Waals surface area contributed by atoms with Gasteiger partial charge in [0.2, 0.25) is 0 Å². The van der Waals surface area contributed by atoms with Gasteiger partial charge in [0, 0.05) is 51.1 Å². The molecule has 0 aliphatic carbocycles. The van der Waals surface area contributed by atoms with Crippen molar-refractivity contribution in [2.24, 2.45) is 0 Å². The average Bonchev–Trinajstić information content (AvgIpc) is 3.31. The molecule has 6 nitrogen and oxygen atoms in total. The van der Waals surface area contributed by atoms with Crippen molar-refractivity contribution in [2.45, 2.75) is 46.1 Å². The molecule has 1 fully saturated rings. The van der Waals surface area contributed by atoms with Crippen molar-refractivity contribution >= 4 is 41.4 Å². The number of carbonyl (C=O) groups excluding carboxylic acids is 1. The molecule has 0 bridgehead atoms. The minimum Gasteiger partial charge on any atom is -0.360 e. The van der Waals surface area contributed by atoms with E-state index in [1.807, 2.05) is 25.7 Å². The smallest absolute Gasteiger partial charge is 0.268 e. The number of fused-ring (bicyclic) bond motifs is 1. The van der Waals surface area contributed by atoms with E-state index in [1.54, 1.807) is 19.3 Å². The second-order valence-electron chi connectivity index (χ2n) is 7.31. The topological polar surface area (TPSA) is 61.7 Å². The predicted octanol–water partition coefficient (Wildman–Crippen LogP) is 4.26. The fraction of sp³-hybridized carbons (Fsp3) is 0.429. The molecule has 0 saturated carbocycles. The van der Waals surface area contributed by atoms with Gasteiger partial charge in [0.15, 0.2) is 11.5 Å². The van der Waals surface area contributed by atoms with Crippen molar-refractivity contribution in [2.75, 3.05) is 23.3 Å². The van der Waals surface area contributed by atoms with E-state index in [2.05, 4.69) is 15.6 Å². The van der Waals surface area contributed by atoms with Crippen LogP contribution in [-0.2, 0) is 0 Å². The number of piperazine rings is 1. The Morgan fingerprint density at radius 2 is 2.06 bits per heavy atom. The molecule has 4 rings (SSSR count). The Kier molecular flexibility index (Phi) is 7.32. The number of imidazole rings is 1. The zero-order chi connectivity index (χ0) is 22.7. The summed E-state index contributed by atoms with van der Waals surface area (Å²) in [6, 6.07) is 2.85. The normalized spacial score (nSPS) is 18.6. The predicted molar refractivity (Wildman–Crippen MR) is 125 cm³/mol. The lowest BCUT2D eigenvalue weighted by Crippen LogP contribution is -2.55. The van der Waals surface area contributed by atoms with Crippen LogP contribution in [0.2, 0.25) is 6.32 Å². The minimum atomic E-state index is -0.618. The van der Waals surface area contributed by atoms with Gasteiger partial charge in [-0.1, -0.05) is 20.2 Å². The molecule has 166 valence electrons. The molecule has 2 atom stereocenters. The van der Waals surface area contributed by atoms with Gasteiger partial charge in [-0.25, -0.2) is 13.8 Å². The Labute approximate surface area is 187 Å². The summed E-state index contributed by atoms with van der Waals surface area (Å²) >= 11 is 1.08. The van der Waals surface area contributed by atoms with E-state index in [0.29, 0.717) is 30.1 Å². The van der Waals surface area contributed by atoms with Gasteiger partial charge in [-0.3, -0.25) is 4.79 Å². The highest BCUT2D eigenvalue weighted by Gasteiger charge is 2.26. The zero-order valence-electron chi connectivity index (χ0n) is 18.1. The van der Waals surface area contributed by atoms with Gasteiger partial charge in [-0.2, -0.15) is 0 Å². The summed E-state index contributed by atoms with van der Waals surface area (Å²) in [5.41, 5.74) is 1.06. The van der Waals surface area contributed by atoms with Crippen LogP contribution in [0.15, 0.2) is 24.5 Å². The fourth-order valence-corrected chi connectivity index (χ4v) is 4.55. The number of rotatable bonds is 4. The Morgan fingerprint density at radius 1 is 1.32 bits per heavy atom. The molecular formula is C21H28BF2N5OS. The summed E-state index contributed by atoms with van der Waals surface area (Å²) in [6.45, 7) is 9.12. The molecule has 3 aromatic heterocycles. The number of hydrogen-bond acceptors (Lipinski definition) is 5. The van der Waals surface area contributed by atoms with Crippen LogP contribution in [0.3, 0.4) is 0 Å². The molecular weight excluding hydrogens is 419 g/mol. The summed E-state index contributed by atoms with van der Waals surface area (Å²) in [5, 5.41) is 6.64. The van der Waals surface area contributed by atoms with Crippen molar-refractivity contribution in [3.05, 3.63) is 46.7 Å². The number of pyridine rings is 1. The number of aromatic nitrogens is 2. The first-order chi connectivity index (χ1) is 14.8. The van der Waals surface area contributed by atoms with E-state index in [0.717, 1.165) is 11.3 Å². The van der Waals surface area contributed by atoms with Crippen LogP contribution in [-0.4, -0.2) is 48.3 Å². The van der Waals surface area contributed by atoms with Gasteiger partial charge >= 0.3 is 0 Å². The molecule has 10 heteroatoms. The largest absolute Gasteiger partial charge is 0.360 e. The Bertz CT molecular complexity index is 1080. The Balaban J connectivity index is 0.00000118. The molecule has 3 aromatic rings. The molecule has 1 aliphatic heterocycles. The molecule has 1 unspecified atom stereocenters. The lowest BCUT2D eigenvalue weighted by atomic mass is 9.94. The maximum Gasteiger partial charge on any atom is 0.268 e. The van der Waals surface area contributed by atoms with Gasteiger partial charge < -0.3 is 19.9 Å². The third kappa shape index (κ3) is 5.07. The van der Waals surface area contributed by atoms with Crippen LogP contribution >= 0.6 is 11.3 Å². The lowest BCUT2D eigenvalue weighted by molar-refractivity contribution is 0.102. The monoisotopic (exact) mass is 447 g/mol. The standard InChI is InChI=1S/C19H20BF2N5OS.C2H6.H2/c1-10-6-26(9-13(5-20)23-10)16-4-14(21)17(29-16)19(28)25-12-3-15(22)18-24-11(2)7-27(18)8-12;1-2;/h3-4,7-8,10,13,23H,5-6,9H2,1-2H3,(H,25,28);1-2H3;1H/t10?,13-;;/m1../s1.